The summed E-state index contributed by atoms with van der Waals surface area (Å²) >= 11 is 0. The second kappa shape index (κ2) is 12.4. The van der Waals surface area contributed by atoms with Crippen LogP contribution in [0, 0.1) is 17.8 Å². The fraction of sp³-hybridized carbons (Fsp3) is 0.833. The third kappa shape index (κ3) is 5.11. The largest absolute Gasteiger partial charge is 0.509 e. The van der Waals surface area contributed by atoms with Crippen LogP contribution in [-0.2, 0) is 39.8 Å². The van der Waals surface area contributed by atoms with Crippen LogP contribution in [-0.4, -0.2) is 57.4 Å². The van der Waals surface area contributed by atoms with Crippen molar-refractivity contribution < 1.29 is 38.0 Å². The average molecular weight is 697 g/mol. The Balaban J connectivity index is 1.37. The number of fused-ring (bicyclic) bond motifs is 3. The van der Waals surface area contributed by atoms with Gasteiger partial charge in [-0.3, -0.25) is 0 Å². The van der Waals surface area contributed by atoms with Crippen molar-refractivity contribution in [3.8, 4) is 0 Å². The summed E-state index contributed by atoms with van der Waals surface area (Å²) in [4.78, 5) is 14.5. The van der Waals surface area contributed by atoms with Gasteiger partial charge in [0.2, 0.25) is 0 Å². The Bertz CT molecular complexity index is 1400. The SMILES string of the molecule is CC(C)[C@H]1CC[C@@H](C)C[C@@H]1OC(=O)O[C@@]1(C)[C@](C)(OCc2ccccc2)[C@]2(C)OC3(CCCCC3)O[C@]2(C)[C@]2(C)OC3(CCCCC3)O[C@@]12C. The fourth-order valence-electron chi connectivity index (χ4n) is 11.5. The number of hydrogen-bond donors (Lipinski definition) is 0. The van der Waals surface area contributed by atoms with E-state index in [1.165, 1.54) is 0 Å². The topological polar surface area (TPSA) is 81.7 Å². The minimum atomic E-state index is -1.45. The van der Waals surface area contributed by atoms with E-state index in [9.17, 15) is 4.79 Å². The molecule has 1 aromatic carbocycles. The highest BCUT2D eigenvalue weighted by Crippen LogP contribution is 2.73. The number of carbonyl (C=O) groups is 1. The molecular weight excluding hydrogens is 632 g/mol. The first kappa shape index (κ1) is 36.6. The highest BCUT2D eigenvalue weighted by atomic mass is 16.8. The first-order chi connectivity index (χ1) is 23.5. The molecule has 0 aromatic heterocycles. The second-order valence-corrected chi connectivity index (χ2v) is 18.2. The lowest BCUT2D eigenvalue weighted by molar-refractivity contribution is -0.375. The highest BCUT2D eigenvalue weighted by Gasteiger charge is 2.92. The Kier molecular flexibility index (Phi) is 9.11. The van der Waals surface area contributed by atoms with Gasteiger partial charge in [-0.05, 0) is 103 Å². The van der Waals surface area contributed by atoms with Crippen molar-refractivity contribution in [1.82, 2.24) is 0 Å². The van der Waals surface area contributed by atoms with Crippen LogP contribution in [0.1, 0.15) is 151 Å². The lowest BCUT2D eigenvalue weighted by Crippen LogP contribution is -2.91. The minimum Gasteiger partial charge on any atom is -0.431 e. The zero-order valence-electron chi connectivity index (χ0n) is 32.4. The van der Waals surface area contributed by atoms with Gasteiger partial charge in [0, 0.05) is 25.7 Å². The average Bonchev–Trinajstić information content (AvgIpc) is 3.45. The standard InChI is InChI=1S/C42H64O8/c1-29(2)32-22-21-30(3)27-33(32)45-34(43)46-36(5)35(4,44-28-31-19-13-10-14-20-31)37(6)39(8,49-41(47-37)23-15-11-16-24-41)40(9)38(36,7)48-42(50-40)25-17-12-18-26-42/h10,13-14,19-20,29-30,32-33H,11-12,15-18,21-28H2,1-9H3/t30-,32-,33+,35+,36+,37+,38+,39+,40-/m1/s1. The molecule has 50 heavy (non-hydrogen) atoms. The molecular formula is C42H64O8. The zero-order valence-corrected chi connectivity index (χ0v) is 32.4. The van der Waals surface area contributed by atoms with Gasteiger partial charge in [0.15, 0.2) is 17.2 Å². The number of hydrogen-bond acceptors (Lipinski definition) is 8. The number of ether oxygens (including phenoxy) is 7. The molecule has 1 aromatic rings. The Morgan fingerprint density at radius 2 is 1.22 bits per heavy atom. The van der Waals surface area contributed by atoms with E-state index < -0.39 is 51.3 Å². The van der Waals surface area contributed by atoms with Crippen LogP contribution in [0.4, 0.5) is 4.79 Å². The van der Waals surface area contributed by atoms with Crippen LogP contribution in [0.3, 0.4) is 0 Å². The summed E-state index contributed by atoms with van der Waals surface area (Å²) in [6.07, 6.45) is 11.5. The molecule has 2 saturated heterocycles. The minimum absolute atomic E-state index is 0.225. The van der Waals surface area contributed by atoms with E-state index in [0.29, 0.717) is 11.8 Å². The maximum absolute atomic E-state index is 14.5. The molecule has 4 aliphatic carbocycles. The van der Waals surface area contributed by atoms with Gasteiger partial charge in [-0.2, -0.15) is 0 Å². The Morgan fingerprint density at radius 1 is 0.720 bits per heavy atom. The third-order valence-electron chi connectivity index (χ3n) is 15.1. The summed E-state index contributed by atoms with van der Waals surface area (Å²) < 4.78 is 50.4. The van der Waals surface area contributed by atoms with Crippen molar-refractivity contribution in [3.63, 3.8) is 0 Å². The monoisotopic (exact) mass is 696 g/mol. The highest BCUT2D eigenvalue weighted by molar-refractivity contribution is 5.62. The molecule has 6 fully saturated rings. The molecule has 0 amide bonds. The van der Waals surface area contributed by atoms with Crippen molar-refractivity contribution >= 4 is 6.16 Å². The van der Waals surface area contributed by atoms with Gasteiger partial charge in [0.25, 0.3) is 0 Å². The van der Waals surface area contributed by atoms with Crippen LogP contribution in [0.15, 0.2) is 30.3 Å². The van der Waals surface area contributed by atoms with Crippen molar-refractivity contribution in [3.05, 3.63) is 35.9 Å². The Labute approximate surface area is 300 Å². The van der Waals surface area contributed by atoms with E-state index in [-0.39, 0.29) is 18.6 Å². The van der Waals surface area contributed by atoms with E-state index in [1.54, 1.807) is 0 Å². The van der Waals surface area contributed by atoms with Crippen LogP contribution in [0.5, 0.6) is 0 Å². The lowest BCUT2D eigenvalue weighted by atomic mass is 9.46. The van der Waals surface area contributed by atoms with Gasteiger partial charge in [0.05, 0.1) is 6.61 Å². The molecule has 2 spiro atoms. The predicted octanol–water partition coefficient (Wildman–Crippen LogP) is 9.80. The van der Waals surface area contributed by atoms with Crippen molar-refractivity contribution in [2.45, 2.75) is 204 Å². The molecule has 6 aliphatic rings. The van der Waals surface area contributed by atoms with Crippen LogP contribution < -0.4 is 0 Å². The van der Waals surface area contributed by atoms with E-state index in [0.717, 1.165) is 89.0 Å². The van der Waals surface area contributed by atoms with Gasteiger partial charge in [-0.15, -0.1) is 0 Å². The van der Waals surface area contributed by atoms with Gasteiger partial charge in [-0.1, -0.05) is 70.4 Å². The predicted molar refractivity (Wildman–Crippen MR) is 190 cm³/mol. The maximum atomic E-state index is 14.5. The molecule has 9 atom stereocenters. The smallest absolute Gasteiger partial charge is 0.431 e. The molecule has 0 unspecified atom stereocenters. The molecule has 0 bridgehead atoms. The molecule has 7 rings (SSSR count). The maximum Gasteiger partial charge on any atom is 0.509 e. The summed E-state index contributed by atoms with van der Waals surface area (Å²) in [7, 11) is 0. The van der Waals surface area contributed by atoms with Crippen molar-refractivity contribution in [2.75, 3.05) is 0 Å². The van der Waals surface area contributed by atoms with E-state index >= 15 is 0 Å². The number of carbonyl (C=O) groups excluding carboxylic acids is 1. The van der Waals surface area contributed by atoms with Gasteiger partial charge in [0.1, 0.15) is 34.1 Å². The summed E-state index contributed by atoms with van der Waals surface area (Å²) in [6, 6.07) is 10.2. The van der Waals surface area contributed by atoms with Crippen LogP contribution in [0.2, 0.25) is 0 Å². The molecule has 2 aliphatic heterocycles. The normalized spacial score (nSPS) is 45.0. The van der Waals surface area contributed by atoms with Gasteiger partial charge >= 0.3 is 6.16 Å². The van der Waals surface area contributed by atoms with Gasteiger partial charge in [-0.25, -0.2) is 4.79 Å². The molecule has 8 nitrogen and oxygen atoms in total. The molecule has 0 radical (unpaired) electrons. The quantitative estimate of drug-likeness (QED) is 0.272. The van der Waals surface area contributed by atoms with Crippen molar-refractivity contribution in [1.29, 1.82) is 0 Å². The fourth-order valence-corrected chi connectivity index (χ4v) is 11.5. The Hall–Kier alpha value is -1.71. The van der Waals surface area contributed by atoms with Crippen LogP contribution >= 0.6 is 0 Å². The summed E-state index contributed by atoms with van der Waals surface area (Å²) in [6.45, 7) is 19.4. The summed E-state index contributed by atoms with van der Waals surface area (Å²) in [5, 5.41) is 0. The first-order valence-electron chi connectivity index (χ1n) is 19.9. The van der Waals surface area contributed by atoms with Crippen molar-refractivity contribution in [2.24, 2.45) is 17.8 Å². The summed E-state index contributed by atoms with van der Waals surface area (Å²) in [5.41, 5.74) is -6.25. The van der Waals surface area contributed by atoms with Crippen LogP contribution in [0.25, 0.3) is 0 Å². The molecule has 0 N–H and O–H groups in total. The lowest BCUT2D eigenvalue weighted by Gasteiger charge is -2.69. The van der Waals surface area contributed by atoms with Gasteiger partial charge < -0.3 is 33.2 Å². The molecule has 2 heterocycles. The molecule has 8 heteroatoms. The first-order valence-corrected chi connectivity index (χ1v) is 19.9. The molecule has 4 saturated carbocycles. The van der Waals surface area contributed by atoms with E-state index in [4.69, 9.17) is 33.2 Å². The Morgan fingerprint density at radius 3 is 1.74 bits per heavy atom. The molecule has 280 valence electrons. The zero-order chi connectivity index (χ0) is 35.8. The number of rotatable bonds is 6. The number of benzene rings is 1. The van der Waals surface area contributed by atoms with E-state index in [2.05, 4.69) is 60.6 Å². The third-order valence-corrected chi connectivity index (χ3v) is 15.1. The second-order valence-electron chi connectivity index (χ2n) is 18.2. The summed E-state index contributed by atoms with van der Waals surface area (Å²) in [5.74, 6) is -0.531. The van der Waals surface area contributed by atoms with E-state index in [1.807, 2.05) is 32.0 Å².